The lowest BCUT2D eigenvalue weighted by atomic mass is 9.73. The van der Waals surface area contributed by atoms with E-state index in [1.807, 2.05) is 25.1 Å². The molecule has 5 heteroatoms. The normalized spacial score (nSPS) is 26.1. The molecule has 1 fully saturated rings. The lowest BCUT2D eigenvalue weighted by Gasteiger charge is -2.36. The molecular weight excluding hydrogens is 310 g/mol. The highest BCUT2D eigenvalue weighted by Crippen LogP contribution is 2.52. The van der Waals surface area contributed by atoms with E-state index in [-0.39, 0.29) is 4.90 Å². The first-order valence-electron chi connectivity index (χ1n) is 7.80. The lowest BCUT2D eigenvalue weighted by molar-refractivity contribution is 0.363. The highest BCUT2D eigenvalue weighted by Gasteiger charge is 2.49. The average Bonchev–Trinajstić information content (AvgIpc) is 2.75. The van der Waals surface area contributed by atoms with Crippen LogP contribution >= 0.6 is 0 Å². The summed E-state index contributed by atoms with van der Waals surface area (Å²) in [6, 6.07) is 13.4. The maximum absolute atomic E-state index is 11.9. The first-order valence-corrected chi connectivity index (χ1v) is 9.24. The first kappa shape index (κ1) is 14.9. The van der Waals surface area contributed by atoms with Gasteiger partial charge in [0.15, 0.2) is 0 Å². The van der Waals surface area contributed by atoms with Crippen molar-refractivity contribution in [1.29, 1.82) is 0 Å². The summed E-state index contributed by atoms with van der Waals surface area (Å²) in [5, 5.41) is 3.45. The fourth-order valence-corrected chi connectivity index (χ4v) is 5.10. The summed E-state index contributed by atoms with van der Waals surface area (Å²) in [6.07, 6.45) is 0.880. The van der Waals surface area contributed by atoms with Gasteiger partial charge in [-0.1, -0.05) is 42.0 Å². The molecule has 0 saturated carbocycles. The average molecular weight is 329 g/mol. The van der Waals surface area contributed by atoms with Crippen LogP contribution < -0.4 is 5.32 Å². The standard InChI is InChI=1S/C18H19NO3S/c1-12-6-7-17(23(20,21)22)16(8-12)18-9-13(10-19-11-18)14-4-2-3-5-15(14)18/h2-8,13,19H,9-11H2,1H3,(H,20,21,22). The molecule has 4 nitrogen and oxygen atoms in total. The summed E-state index contributed by atoms with van der Waals surface area (Å²) in [7, 11) is -4.26. The van der Waals surface area contributed by atoms with Crippen LogP contribution in [0, 0.1) is 6.92 Å². The van der Waals surface area contributed by atoms with E-state index in [4.69, 9.17) is 0 Å². The van der Waals surface area contributed by atoms with Crippen molar-refractivity contribution < 1.29 is 13.0 Å². The molecule has 23 heavy (non-hydrogen) atoms. The molecule has 0 aromatic heterocycles. The number of fused-ring (bicyclic) bond motifs is 5. The Morgan fingerprint density at radius 3 is 2.74 bits per heavy atom. The molecule has 0 spiro atoms. The molecule has 2 N–H and O–H groups in total. The molecule has 2 aliphatic rings. The van der Waals surface area contributed by atoms with Crippen LogP contribution in [0.2, 0.25) is 0 Å². The Labute approximate surface area is 136 Å². The van der Waals surface area contributed by atoms with Crippen LogP contribution in [-0.4, -0.2) is 26.1 Å². The van der Waals surface area contributed by atoms with Gasteiger partial charge in [0.05, 0.1) is 4.90 Å². The van der Waals surface area contributed by atoms with Gasteiger partial charge in [0, 0.05) is 18.5 Å². The van der Waals surface area contributed by atoms with E-state index in [1.165, 1.54) is 17.2 Å². The molecule has 1 saturated heterocycles. The zero-order valence-corrected chi connectivity index (χ0v) is 13.7. The highest BCUT2D eigenvalue weighted by atomic mass is 32.2. The van der Waals surface area contributed by atoms with Crippen molar-refractivity contribution in [3.63, 3.8) is 0 Å². The van der Waals surface area contributed by atoms with Gasteiger partial charge < -0.3 is 5.32 Å². The van der Waals surface area contributed by atoms with Crippen LogP contribution in [0.3, 0.4) is 0 Å². The highest BCUT2D eigenvalue weighted by molar-refractivity contribution is 7.85. The predicted molar refractivity (Wildman–Crippen MR) is 88.4 cm³/mol. The largest absolute Gasteiger partial charge is 0.315 e. The summed E-state index contributed by atoms with van der Waals surface area (Å²) in [5.41, 5.74) is 3.79. The molecule has 2 aromatic carbocycles. The van der Waals surface area contributed by atoms with E-state index in [9.17, 15) is 13.0 Å². The fraction of sp³-hybridized carbons (Fsp3) is 0.333. The third-order valence-corrected chi connectivity index (χ3v) is 6.17. The van der Waals surface area contributed by atoms with Crippen molar-refractivity contribution >= 4 is 10.1 Å². The van der Waals surface area contributed by atoms with Gasteiger partial charge >= 0.3 is 0 Å². The molecule has 1 aliphatic carbocycles. The number of piperidine rings is 1. The molecular formula is C18H19NO3S. The molecule has 2 bridgehead atoms. The van der Waals surface area contributed by atoms with Crippen LogP contribution in [0.15, 0.2) is 47.4 Å². The van der Waals surface area contributed by atoms with Gasteiger partial charge in [-0.3, -0.25) is 4.55 Å². The minimum atomic E-state index is -4.26. The Kier molecular flexibility index (Phi) is 3.17. The number of hydrogen-bond acceptors (Lipinski definition) is 3. The van der Waals surface area contributed by atoms with Crippen molar-refractivity contribution in [2.24, 2.45) is 0 Å². The molecule has 2 atom stereocenters. The van der Waals surface area contributed by atoms with Crippen LogP contribution in [0.1, 0.15) is 34.6 Å². The van der Waals surface area contributed by atoms with Gasteiger partial charge in [-0.15, -0.1) is 0 Å². The predicted octanol–water partition coefficient (Wildman–Crippen LogP) is 2.62. The number of aryl methyl sites for hydroxylation is 1. The van der Waals surface area contributed by atoms with Crippen molar-refractivity contribution in [1.82, 2.24) is 5.32 Å². The fourth-order valence-electron chi connectivity index (χ4n) is 4.33. The molecule has 4 rings (SSSR count). The van der Waals surface area contributed by atoms with Gasteiger partial charge in [-0.25, -0.2) is 0 Å². The third kappa shape index (κ3) is 2.15. The second-order valence-electron chi connectivity index (χ2n) is 6.68. The van der Waals surface area contributed by atoms with Crippen molar-refractivity contribution in [2.45, 2.75) is 29.6 Å². The topological polar surface area (TPSA) is 66.4 Å². The van der Waals surface area contributed by atoms with E-state index >= 15 is 0 Å². The van der Waals surface area contributed by atoms with Crippen LogP contribution in [-0.2, 0) is 15.5 Å². The van der Waals surface area contributed by atoms with E-state index in [0.29, 0.717) is 18.0 Å². The second-order valence-corrected chi connectivity index (χ2v) is 8.07. The Hall–Kier alpha value is -1.69. The van der Waals surface area contributed by atoms with Gasteiger partial charge in [-0.2, -0.15) is 8.42 Å². The summed E-state index contributed by atoms with van der Waals surface area (Å²) in [5.74, 6) is 0.384. The molecule has 1 heterocycles. The second kappa shape index (κ2) is 4.90. The summed E-state index contributed by atoms with van der Waals surface area (Å²) in [4.78, 5) is 0.0299. The quantitative estimate of drug-likeness (QED) is 0.831. The Morgan fingerprint density at radius 2 is 1.96 bits per heavy atom. The Bertz CT molecular complexity index is 891. The van der Waals surface area contributed by atoms with Gasteiger partial charge in [-0.05, 0) is 42.0 Å². The maximum atomic E-state index is 11.9. The minimum Gasteiger partial charge on any atom is -0.315 e. The van der Waals surface area contributed by atoms with Crippen LogP contribution in [0.5, 0.6) is 0 Å². The first-order chi connectivity index (χ1) is 10.9. The third-order valence-electron chi connectivity index (χ3n) is 5.26. The van der Waals surface area contributed by atoms with Gasteiger partial charge in [0.1, 0.15) is 0 Å². The minimum absolute atomic E-state index is 0.0299. The van der Waals surface area contributed by atoms with E-state index < -0.39 is 15.5 Å². The summed E-state index contributed by atoms with van der Waals surface area (Å²) < 4.78 is 33.6. The smallest absolute Gasteiger partial charge is 0.294 e. The molecule has 1 aliphatic heterocycles. The zero-order chi connectivity index (χ0) is 16.2. The maximum Gasteiger partial charge on any atom is 0.294 e. The number of hydrogen-bond donors (Lipinski definition) is 2. The monoisotopic (exact) mass is 329 g/mol. The molecule has 0 amide bonds. The summed E-state index contributed by atoms with van der Waals surface area (Å²) >= 11 is 0. The molecule has 0 radical (unpaired) electrons. The lowest BCUT2D eigenvalue weighted by Crippen LogP contribution is -2.43. The molecule has 120 valence electrons. The van der Waals surface area contributed by atoms with E-state index in [2.05, 4.69) is 17.4 Å². The van der Waals surface area contributed by atoms with Crippen LogP contribution in [0.25, 0.3) is 0 Å². The van der Waals surface area contributed by atoms with Crippen molar-refractivity contribution in [3.05, 3.63) is 64.7 Å². The SMILES string of the molecule is Cc1ccc(S(=O)(=O)O)c(C23CNCC(C2)c2ccccc23)c1. The Balaban J connectivity index is 2.03. The van der Waals surface area contributed by atoms with Crippen molar-refractivity contribution in [3.8, 4) is 0 Å². The zero-order valence-electron chi connectivity index (χ0n) is 12.9. The Morgan fingerprint density at radius 1 is 1.17 bits per heavy atom. The molecule has 2 unspecified atom stereocenters. The summed E-state index contributed by atoms with van der Waals surface area (Å²) in [6.45, 7) is 3.54. The van der Waals surface area contributed by atoms with Crippen LogP contribution in [0.4, 0.5) is 0 Å². The number of benzene rings is 2. The molecule has 2 aromatic rings. The van der Waals surface area contributed by atoms with Gasteiger partial charge in [0.25, 0.3) is 10.1 Å². The van der Waals surface area contributed by atoms with Crippen molar-refractivity contribution in [2.75, 3.05) is 13.1 Å². The van der Waals surface area contributed by atoms with Gasteiger partial charge in [0.2, 0.25) is 0 Å². The number of rotatable bonds is 2. The van der Waals surface area contributed by atoms with E-state index in [1.54, 1.807) is 6.07 Å². The van der Waals surface area contributed by atoms with E-state index in [0.717, 1.165) is 18.5 Å². The number of nitrogens with one attached hydrogen (secondary N) is 1.